The summed E-state index contributed by atoms with van der Waals surface area (Å²) < 4.78 is 13.0. The number of rotatable bonds is 2. The van der Waals surface area contributed by atoms with Gasteiger partial charge in [0.05, 0.1) is 5.02 Å². The molecule has 0 bridgehead atoms. The van der Waals surface area contributed by atoms with Crippen molar-refractivity contribution in [2.75, 3.05) is 13.1 Å². The quantitative estimate of drug-likeness (QED) is 0.708. The summed E-state index contributed by atoms with van der Waals surface area (Å²) in [6, 6.07) is 4.97. The minimum atomic E-state index is -0.320. The average Bonchev–Trinajstić information content (AvgIpc) is 2.04. The Balaban J connectivity index is 2.14. The Morgan fingerprint density at radius 3 is 2.77 bits per heavy atom. The highest BCUT2D eigenvalue weighted by atomic mass is 35.5. The summed E-state index contributed by atoms with van der Waals surface area (Å²) in [5.74, 6) is -0.320. The van der Waals surface area contributed by atoms with Gasteiger partial charge in [-0.3, -0.25) is 4.90 Å². The fraction of sp³-hybridized carbons (Fsp3) is 0.400. The van der Waals surface area contributed by atoms with E-state index in [4.69, 9.17) is 11.6 Å². The van der Waals surface area contributed by atoms with Crippen LogP contribution in [0.3, 0.4) is 0 Å². The molecule has 1 heterocycles. The van der Waals surface area contributed by atoms with E-state index in [2.05, 4.69) is 4.90 Å². The van der Waals surface area contributed by atoms with Crippen molar-refractivity contribution in [1.29, 1.82) is 0 Å². The molecule has 13 heavy (non-hydrogen) atoms. The lowest BCUT2D eigenvalue weighted by atomic mass is 10.1. The van der Waals surface area contributed by atoms with Crippen LogP contribution >= 0.6 is 11.6 Å². The van der Waals surface area contributed by atoms with Crippen molar-refractivity contribution in [3.05, 3.63) is 34.6 Å². The summed E-state index contributed by atoms with van der Waals surface area (Å²) in [7, 11) is 0. The molecule has 1 aromatic carbocycles. The maximum atomic E-state index is 13.0. The molecule has 0 atom stereocenters. The summed E-state index contributed by atoms with van der Waals surface area (Å²) >= 11 is 5.82. The first-order chi connectivity index (χ1) is 6.27. The van der Waals surface area contributed by atoms with Gasteiger partial charge in [-0.2, -0.15) is 0 Å². The van der Waals surface area contributed by atoms with E-state index in [0.29, 0.717) is 0 Å². The molecule has 0 radical (unpaired) electrons. The second-order valence-electron chi connectivity index (χ2n) is 3.34. The number of hydrogen-bond donors (Lipinski definition) is 0. The van der Waals surface area contributed by atoms with Crippen molar-refractivity contribution in [1.82, 2.24) is 4.90 Å². The van der Waals surface area contributed by atoms with Gasteiger partial charge in [0.1, 0.15) is 5.82 Å². The zero-order valence-electron chi connectivity index (χ0n) is 7.26. The molecule has 70 valence electrons. The summed E-state index contributed by atoms with van der Waals surface area (Å²) in [5, 5.41) is 0.273. The van der Waals surface area contributed by atoms with Crippen LogP contribution in [-0.2, 0) is 6.54 Å². The molecule has 1 aliphatic rings. The van der Waals surface area contributed by atoms with Gasteiger partial charge in [0, 0.05) is 6.54 Å². The average molecular weight is 200 g/mol. The van der Waals surface area contributed by atoms with E-state index in [1.54, 1.807) is 6.07 Å². The Bertz CT molecular complexity index is 310. The highest BCUT2D eigenvalue weighted by Gasteiger charge is 2.15. The number of nitrogens with zero attached hydrogens (tertiary/aromatic N) is 1. The highest BCUT2D eigenvalue weighted by molar-refractivity contribution is 6.31. The third-order valence-corrected chi connectivity index (χ3v) is 2.80. The van der Waals surface area contributed by atoms with Crippen LogP contribution in [0.15, 0.2) is 18.2 Å². The van der Waals surface area contributed by atoms with Crippen molar-refractivity contribution in [2.24, 2.45) is 0 Å². The predicted molar refractivity (Wildman–Crippen MR) is 51.3 cm³/mol. The molecular formula is C10H11ClFN. The minimum absolute atomic E-state index is 0.273. The van der Waals surface area contributed by atoms with Crippen LogP contribution in [-0.4, -0.2) is 18.0 Å². The lowest BCUT2D eigenvalue weighted by Crippen LogP contribution is -2.36. The van der Waals surface area contributed by atoms with E-state index in [1.807, 2.05) is 6.07 Å². The molecule has 1 fully saturated rings. The van der Waals surface area contributed by atoms with Crippen LogP contribution in [0.5, 0.6) is 0 Å². The normalized spacial score (nSPS) is 17.1. The van der Waals surface area contributed by atoms with Crippen molar-refractivity contribution in [2.45, 2.75) is 13.0 Å². The molecule has 0 N–H and O–H groups in total. The monoisotopic (exact) mass is 199 g/mol. The smallest absolute Gasteiger partial charge is 0.142 e. The first-order valence-electron chi connectivity index (χ1n) is 4.42. The lowest BCUT2D eigenvalue weighted by Gasteiger charge is -2.30. The van der Waals surface area contributed by atoms with Crippen molar-refractivity contribution in [3.63, 3.8) is 0 Å². The molecule has 1 aromatic rings. The zero-order valence-corrected chi connectivity index (χ0v) is 8.02. The van der Waals surface area contributed by atoms with Crippen molar-refractivity contribution in [3.8, 4) is 0 Å². The summed E-state index contributed by atoms with van der Waals surface area (Å²) in [6.07, 6.45) is 1.24. The molecule has 2 rings (SSSR count). The van der Waals surface area contributed by atoms with E-state index in [1.165, 1.54) is 12.5 Å². The maximum Gasteiger partial charge on any atom is 0.142 e. The molecule has 0 saturated carbocycles. The molecule has 1 nitrogen and oxygen atoms in total. The Kier molecular flexibility index (Phi) is 2.51. The van der Waals surface area contributed by atoms with E-state index in [9.17, 15) is 4.39 Å². The molecule has 1 saturated heterocycles. The largest absolute Gasteiger partial charge is 0.299 e. The van der Waals surface area contributed by atoms with Crippen LogP contribution < -0.4 is 0 Å². The number of halogens is 2. The molecule has 1 aliphatic heterocycles. The molecular weight excluding hydrogens is 189 g/mol. The van der Waals surface area contributed by atoms with Crippen LogP contribution in [0.2, 0.25) is 5.02 Å². The Hall–Kier alpha value is -0.600. The summed E-state index contributed by atoms with van der Waals surface area (Å²) in [5.41, 5.74) is 0.890. The standard InChI is InChI=1S/C10H11ClFN/c11-10-8(3-1-4-9(10)12)7-13-5-2-6-13/h1,3-4H,2,5-7H2. The summed E-state index contributed by atoms with van der Waals surface area (Å²) in [6.45, 7) is 2.98. The van der Waals surface area contributed by atoms with Gasteiger partial charge < -0.3 is 0 Å². The molecule has 3 heteroatoms. The maximum absolute atomic E-state index is 13.0. The van der Waals surface area contributed by atoms with Gasteiger partial charge in [-0.15, -0.1) is 0 Å². The Morgan fingerprint density at radius 2 is 2.15 bits per heavy atom. The molecule has 0 amide bonds. The number of hydrogen-bond acceptors (Lipinski definition) is 1. The highest BCUT2D eigenvalue weighted by Crippen LogP contribution is 2.22. The predicted octanol–water partition coefficient (Wildman–Crippen LogP) is 2.68. The fourth-order valence-corrected chi connectivity index (χ4v) is 1.64. The van der Waals surface area contributed by atoms with Crippen molar-refractivity contribution < 1.29 is 4.39 Å². The Labute approximate surface area is 82.1 Å². The van der Waals surface area contributed by atoms with Crippen molar-refractivity contribution >= 4 is 11.6 Å². The van der Waals surface area contributed by atoms with E-state index in [0.717, 1.165) is 25.2 Å². The molecule has 0 unspecified atom stereocenters. The third kappa shape index (κ3) is 1.84. The van der Waals surface area contributed by atoms with Crippen LogP contribution in [0.1, 0.15) is 12.0 Å². The van der Waals surface area contributed by atoms with Gasteiger partial charge in [-0.1, -0.05) is 23.7 Å². The van der Waals surface area contributed by atoms with Crippen LogP contribution in [0.25, 0.3) is 0 Å². The van der Waals surface area contributed by atoms with Gasteiger partial charge >= 0.3 is 0 Å². The van der Waals surface area contributed by atoms with Crippen LogP contribution in [0.4, 0.5) is 4.39 Å². The molecule has 0 aromatic heterocycles. The minimum Gasteiger partial charge on any atom is -0.299 e. The first kappa shape index (κ1) is 8.97. The number of benzene rings is 1. The zero-order chi connectivity index (χ0) is 9.26. The van der Waals surface area contributed by atoms with E-state index < -0.39 is 0 Å². The van der Waals surface area contributed by atoms with E-state index in [-0.39, 0.29) is 10.8 Å². The van der Waals surface area contributed by atoms with Crippen LogP contribution in [0, 0.1) is 5.82 Å². The van der Waals surface area contributed by atoms with Gasteiger partial charge in [0.2, 0.25) is 0 Å². The topological polar surface area (TPSA) is 3.24 Å². The van der Waals surface area contributed by atoms with Gasteiger partial charge in [-0.05, 0) is 31.1 Å². The Morgan fingerprint density at radius 1 is 1.38 bits per heavy atom. The van der Waals surface area contributed by atoms with Gasteiger partial charge in [0.15, 0.2) is 0 Å². The molecule has 0 aliphatic carbocycles. The fourth-order valence-electron chi connectivity index (χ4n) is 1.45. The number of likely N-dealkylation sites (tertiary alicyclic amines) is 1. The SMILES string of the molecule is Fc1cccc(CN2CCC2)c1Cl. The first-order valence-corrected chi connectivity index (χ1v) is 4.80. The third-order valence-electron chi connectivity index (χ3n) is 2.37. The van der Waals surface area contributed by atoms with E-state index >= 15 is 0 Å². The van der Waals surface area contributed by atoms with Gasteiger partial charge in [0.25, 0.3) is 0 Å². The second kappa shape index (κ2) is 3.64. The summed E-state index contributed by atoms with van der Waals surface area (Å²) in [4.78, 5) is 2.25. The lowest BCUT2D eigenvalue weighted by molar-refractivity contribution is 0.172. The van der Waals surface area contributed by atoms with Gasteiger partial charge in [-0.25, -0.2) is 4.39 Å². The molecule has 0 spiro atoms. The second-order valence-corrected chi connectivity index (χ2v) is 3.72.